The average Bonchev–Trinajstić information content (AvgIpc) is 2.97. The molecule has 2 heterocycles. The number of benzene rings is 1. The van der Waals surface area contributed by atoms with E-state index in [9.17, 15) is 0 Å². The van der Waals surface area contributed by atoms with E-state index in [0.717, 1.165) is 28.1 Å². The van der Waals surface area contributed by atoms with Crippen LogP contribution in [-0.2, 0) is 6.54 Å². The van der Waals surface area contributed by atoms with Crippen molar-refractivity contribution >= 4 is 16.6 Å². The molecule has 1 aromatic carbocycles. The van der Waals surface area contributed by atoms with Gasteiger partial charge in [-0.05, 0) is 24.3 Å². The maximum Gasteiger partial charge on any atom is 0.134 e. The molecule has 96 valence electrons. The van der Waals surface area contributed by atoms with Crippen molar-refractivity contribution in [1.82, 2.24) is 4.98 Å². The number of nitrogens with one attached hydrogen (secondary N) is 1. The molecule has 4 nitrogen and oxygen atoms in total. The lowest BCUT2D eigenvalue weighted by molar-refractivity contribution is 0.420. The number of rotatable bonds is 4. The Bertz CT molecular complexity index is 678. The van der Waals surface area contributed by atoms with Crippen LogP contribution < -0.4 is 10.1 Å². The topological polar surface area (TPSA) is 47.3 Å². The van der Waals surface area contributed by atoms with Crippen LogP contribution in [-0.4, -0.2) is 12.1 Å². The van der Waals surface area contributed by atoms with E-state index in [2.05, 4.69) is 10.3 Å². The number of fused-ring (bicyclic) bond motifs is 1. The Hall–Kier alpha value is -2.49. The second kappa shape index (κ2) is 5.02. The Labute approximate surface area is 111 Å². The number of anilines is 1. The average molecular weight is 254 g/mol. The van der Waals surface area contributed by atoms with Crippen molar-refractivity contribution < 1.29 is 9.15 Å². The van der Waals surface area contributed by atoms with Crippen molar-refractivity contribution in [3.63, 3.8) is 0 Å². The normalized spacial score (nSPS) is 10.6. The molecule has 0 bridgehead atoms. The fraction of sp³-hybridized carbons (Fsp3) is 0.133. The molecule has 0 saturated carbocycles. The number of pyridine rings is 1. The van der Waals surface area contributed by atoms with Crippen LogP contribution in [0.3, 0.4) is 0 Å². The minimum Gasteiger partial charge on any atom is -0.496 e. The number of methoxy groups -OCH3 is 1. The SMILES string of the molecule is COc1cccc2c(NCc3ccco3)nccc12. The summed E-state index contributed by atoms with van der Waals surface area (Å²) in [5.74, 6) is 2.55. The predicted molar refractivity (Wildman–Crippen MR) is 74.3 cm³/mol. The van der Waals surface area contributed by atoms with Gasteiger partial charge in [0.15, 0.2) is 0 Å². The van der Waals surface area contributed by atoms with Gasteiger partial charge in [0, 0.05) is 17.0 Å². The molecule has 0 aliphatic heterocycles. The Kier molecular flexibility index (Phi) is 3.06. The first-order valence-corrected chi connectivity index (χ1v) is 6.06. The van der Waals surface area contributed by atoms with Crippen molar-refractivity contribution in [2.75, 3.05) is 12.4 Å². The lowest BCUT2D eigenvalue weighted by Gasteiger charge is -2.09. The van der Waals surface area contributed by atoms with Gasteiger partial charge in [0.05, 0.1) is 19.9 Å². The van der Waals surface area contributed by atoms with E-state index in [1.54, 1.807) is 19.6 Å². The summed E-state index contributed by atoms with van der Waals surface area (Å²) >= 11 is 0. The van der Waals surface area contributed by atoms with Gasteiger partial charge in [0.25, 0.3) is 0 Å². The molecule has 1 N–H and O–H groups in total. The van der Waals surface area contributed by atoms with E-state index in [-0.39, 0.29) is 0 Å². The summed E-state index contributed by atoms with van der Waals surface area (Å²) in [6.45, 7) is 0.607. The standard InChI is InChI=1S/C15H14N2O2/c1-18-14-6-2-5-13-12(14)7-8-16-15(13)17-10-11-4-3-9-19-11/h2-9H,10H2,1H3,(H,16,17). The number of aromatic nitrogens is 1. The molecule has 3 aromatic rings. The van der Waals surface area contributed by atoms with Crippen molar-refractivity contribution in [1.29, 1.82) is 0 Å². The van der Waals surface area contributed by atoms with Crippen LogP contribution in [0.25, 0.3) is 10.8 Å². The highest BCUT2D eigenvalue weighted by Crippen LogP contribution is 2.29. The summed E-state index contributed by atoms with van der Waals surface area (Å²) < 4.78 is 10.7. The van der Waals surface area contributed by atoms with E-state index in [0.29, 0.717) is 6.54 Å². The lowest BCUT2D eigenvalue weighted by atomic mass is 10.1. The van der Waals surface area contributed by atoms with Gasteiger partial charge >= 0.3 is 0 Å². The molecule has 0 fully saturated rings. The first-order valence-electron chi connectivity index (χ1n) is 6.06. The number of furan rings is 1. The third-order valence-corrected chi connectivity index (χ3v) is 3.00. The van der Waals surface area contributed by atoms with Gasteiger partial charge in [-0.15, -0.1) is 0 Å². The van der Waals surface area contributed by atoms with Crippen molar-refractivity contribution in [2.45, 2.75) is 6.54 Å². The highest BCUT2D eigenvalue weighted by atomic mass is 16.5. The second-order valence-corrected chi connectivity index (χ2v) is 4.15. The van der Waals surface area contributed by atoms with Crippen LogP contribution in [0.15, 0.2) is 53.3 Å². The summed E-state index contributed by atoms with van der Waals surface area (Å²) in [5, 5.41) is 5.36. The molecular formula is C15H14N2O2. The zero-order valence-electron chi connectivity index (χ0n) is 10.6. The highest BCUT2D eigenvalue weighted by molar-refractivity contribution is 5.95. The molecule has 0 aliphatic rings. The quantitative estimate of drug-likeness (QED) is 0.774. The van der Waals surface area contributed by atoms with E-state index < -0.39 is 0 Å². The third-order valence-electron chi connectivity index (χ3n) is 3.00. The fourth-order valence-corrected chi connectivity index (χ4v) is 2.08. The fourth-order valence-electron chi connectivity index (χ4n) is 2.08. The monoisotopic (exact) mass is 254 g/mol. The largest absolute Gasteiger partial charge is 0.496 e. The summed E-state index contributed by atoms with van der Waals surface area (Å²) in [6, 6.07) is 11.7. The molecule has 0 spiro atoms. The Balaban J connectivity index is 1.95. The lowest BCUT2D eigenvalue weighted by Crippen LogP contribution is -2.01. The zero-order valence-corrected chi connectivity index (χ0v) is 10.6. The van der Waals surface area contributed by atoms with E-state index >= 15 is 0 Å². The maximum atomic E-state index is 5.36. The summed E-state index contributed by atoms with van der Waals surface area (Å²) in [6.07, 6.45) is 3.44. The molecule has 19 heavy (non-hydrogen) atoms. The molecule has 0 aliphatic carbocycles. The minimum atomic E-state index is 0.607. The highest BCUT2D eigenvalue weighted by Gasteiger charge is 2.06. The van der Waals surface area contributed by atoms with Crippen LogP contribution in [0.5, 0.6) is 5.75 Å². The summed E-state index contributed by atoms with van der Waals surface area (Å²) in [7, 11) is 1.67. The van der Waals surface area contributed by atoms with Crippen LogP contribution >= 0.6 is 0 Å². The van der Waals surface area contributed by atoms with Gasteiger partial charge in [-0.2, -0.15) is 0 Å². The molecule has 3 rings (SSSR count). The van der Waals surface area contributed by atoms with E-state index in [1.165, 1.54) is 0 Å². The van der Waals surface area contributed by atoms with Gasteiger partial charge in [0.1, 0.15) is 17.3 Å². The van der Waals surface area contributed by atoms with E-state index in [1.807, 2.05) is 36.4 Å². The van der Waals surface area contributed by atoms with Crippen LogP contribution in [0.2, 0.25) is 0 Å². The first-order chi connectivity index (χ1) is 9.38. The maximum absolute atomic E-state index is 5.36. The van der Waals surface area contributed by atoms with Gasteiger partial charge in [-0.25, -0.2) is 4.98 Å². The van der Waals surface area contributed by atoms with Gasteiger partial charge in [0.2, 0.25) is 0 Å². The molecular weight excluding hydrogens is 240 g/mol. The molecule has 0 amide bonds. The first kappa shape index (κ1) is 11.6. The Morgan fingerprint density at radius 2 is 2.11 bits per heavy atom. The van der Waals surface area contributed by atoms with Crippen LogP contribution in [0.4, 0.5) is 5.82 Å². The van der Waals surface area contributed by atoms with Gasteiger partial charge < -0.3 is 14.5 Å². The van der Waals surface area contributed by atoms with E-state index in [4.69, 9.17) is 9.15 Å². The molecule has 4 heteroatoms. The van der Waals surface area contributed by atoms with Crippen LogP contribution in [0.1, 0.15) is 5.76 Å². The van der Waals surface area contributed by atoms with Crippen molar-refractivity contribution in [3.8, 4) is 5.75 Å². The Morgan fingerprint density at radius 1 is 1.16 bits per heavy atom. The molecule has 0 atom stereocenters. The van der Waals surface area contributed by atoms with Crippen LogP contribution in [0, 0.1) is 0 Å². The van der Waals surface area contributed by atoms with Gasteiger partial charge in [-0.3, -0.25) is 0 Å². The third kappa shape index (κ3) is 2.25. The van der Waals surface area contributed by atoms with Crippen molar-refractivity contribution in [3.05, 3.63) is 54.6 Å². The predicted octanol–water partition coefficient (Wildman–Crippen LogP) is 3.45. The summed E-state index contributed by atoms with van der Waals surface area (Å²) in [4.78, 5) is 4.37. The number of nitrogens with zero attached hydrogens (tertiary/aromatic N) is 1. The summed E-state index contributed by atoms with van der Waals surface area (Å²) in [5.41, 5.74) is 0. The molecule has 0 unspecified atom stereocenters. The Morgan fingerprint density at radius 3 is 2.89 bits per heavy atom. The number of hydrogen-bond acceptors (Lipinski definition) is 4. The molecule has 0 saturated heterocycles. The number of ether oxygens (including phenoxy) is 1. The molecule has 2 aromatic heterocycles. The van der Waals surface area contributed by atoms with Gasteiger partial charge in [-0.1, -0.05) is 12.1 Å². The van der Waals surface area contributed by atoms with Crippen molar-refractivity contribution in [2.24, 2.45) is 0 Å². The minimum absolute atomic E-state index is 0.607. The smallest absolute Gasteiger partial charge is 0.134 e. The zero-order chi connectivity index (χ0) is 13.1. The number of hydrogen-bond donors (Lipinski definition) is 1. The second-order valence-electron chi connectivity index (χ2n) is 4.15. The molecule has 0 radical (unpaired) electrons.